The minimum Gasteiger partial charge on any atom is -0.444 e. The Balaban J connectivity index is 1.52. The molecule has 3 aliphatic rings. The second kappa shape index (κ2) is 4.90. The van der Waals surface area contributed by atoms with Crippen molar-refractivity contribution >= 4 is 6.09 Å². The molecular weight excluding hydrogens is 252 g/mol. The number of hydrogen-bond donors (Lipinski definition) is 1. The fourth-order valence-corrected chi connectivity index (χ4v) is 3.72. The van der Waals surface area contributed by atoms with Crippen LogP contribution < -0.4 is 5.32 Å². The molecule has 1 saturated carbocycles. The van der Waals surface area contributed by atoms with Crippen LogP contribution in [-0.4, -0.2) is 41.8 Å². The van der Waals surface area contributed by atoms with Gasteiger partial charge < -0.3 is 15.0 Å². The Labute approximate surface area is 122 Å². The fraction of sp³-hybridized carbons (Fsp3) is 0.938. The van der Waals surface area contributed by atoms with E-state index in [4.69, 9.17) is 4.74 Å². The summed E-state index contributed by atoms with van der Waals surface area (Å²) in [6.45, 7) is 8.57. The Bertz CT molecular complexity index is 386. The van der Waals surface area contributed by atoms with Crippen molar-refractivity contribution in [1.82, 2.24) is 10.2 Å². The van der Waals surface area contributed by atoms with Crippen LogP contribution in [0.3, 0.4) is 0 Å². The van der Waals surface area contributed by atoms with E-state index in [2.05, 4.69) is 5.32 Å². The van der Waals surface area contributed by atoms with Crippen molar-refractivity contribution < 1.29 is 9.53 Å². The number of ether oxygens (including phenoxy) is 1. The monoisotopic (exact) mass is 280 g/mol. The van der Waals surface area contributed by atoms with Gasteiger partial charge in [-0.1, -0.05) is 12.8 Å². The molecule has 0 bridgehead atoms. The molecule has 4 nitrogen and oxygen atoms in total. The first-order valence-corrected chi connectivity index (χ1v) is 8.08. The summed E-state index contributed by atoms with van der Waals surface area (Å²) in [5.74, 6) is 1.82. The molecule has 0 aromatic rings. The van der Waals surface area contributed by atoms with Gasteiger partial charge in [0.15, 0.2) is 0 Å². The van der Waals surface area contributed by atoms with Crippen LogP contribution in [-0.2, 0) is 4.74 Å². The molecule has 2 atom stereocenters. The molecule has 0 radical (unpaired) electrons. The molecule has 1 spiro atoms. The summed E-state index contributed by atoms with van der Waals surface area (Å²) in [4.78, 5) is 14.0. The predicted molar refractivity (Wildman–Crippen MR) is 78.6 cm³/mol. The lowest BCUT2D eigenvalue weighted by molar-refractivity contribution is 0.0282. The SMILES string of the molecule is CC(C)(C)OC(=O)N1CCC2(CC(CC3CC3)CN2)C1. The van der Waals surface area contributed by atoms with Crippen LogP contribution in [0.15, 0.2) is 0 Å². The highest BCUT2D eigenvalue weighted by Gasteiger charge is 2.46. The molecule has 2 aliphatic heterocycles. The van der Waals surface area contributed by atoms with Gasteiger partial charge in [0.1, 0.15) is 5.60 Å². The van der Waals surface area contributed by atoms with Crippen molar-refractivity contribution in [3.63, 3.8) is 0 Å². The second-order valence-corrected chi connectivity index (χ2v) is 8.06. The van der Waals surface area contributed by atoms with Gasteiger partial charge in [0.05, 0.1) is 0 Å². The van der Waals surface area contributed by atoms with Crippen LogP contribution in [0, 0.1) is 11.8 Å². The number of rotatable bonds is 2. The summed E-state index contributed by atoms with van der Waals surface area (Å²) < 4.78 is 5.48. The van der Waals surface area contributed by atoms with E-state index < -0.39 is 5.60 Å². The average Bonchev–Trinajstić information content (AvgIpc) is 2.91. The lowest BCUT2D eigenvalue weighted by Gasteiger charge is -2.27. The van der Waals surface area contributed by atoms with E-state index in [1.54, 1.807) is 0 Å². The summed E-state index contributed by atoms with van der Waals surface area (Å²) in [6.07, 6.45) is 6.43. The Morgan fingerprint density at radius 2 is 2.10 bits per heavy atom. The van der Waals surface area contributed by atoms with Gasteiger partial charge in [-0.25, -0.2) is 4.79 Å². The zero-order valence-corrected chi connectivity index (χ0v) is 13.1. The maximum atomic E-state index is 12.1. The van der Waals surface area contributed by atoms with Crippen molar-refractivity contribution in [3.8, 4) is 0 Å². The second-order valence-electron chi connectivity index (χ2n) is 8.06. The standard InChI is InChI=1S/C16H28N2O2/c1-15(2,3)20-14(19)18-7-6-16(11-18)9-13(10-17-16)8-12-4-5-12/h12-13,17H,4-11H2,1-3H3. The smallest absolute Gasteiger partial charge is 0.410 e. The molecule has 3 rings (SSSR count). The van der Waals surface area contributed by atoms with Gasteiger partial charge >= 0.3 is 6.09 Å². The number of hydrogen-bond acceptors (Lipinski definition) is 3. The fourth-order valence-electron chi connectivity index (χ4n) is 3.72. The predicted octanol–water partition coefficient (Wildman–Crippen LogP) is 2.78. The summed E-state index contributed by atoms with van der Waals surface area (Å²) >= 11 is 0. The van der Waals surface area contributed by atoms with E-state index in [-0.39, 0.29) is 11.6 Å². The lowest BCUT2D eigenvalue weighted by Crippen LogP contribution is -2.44. The van der Waals surface area contributed by atoms with Crippen molar-refractivity contribution in [2.24, 2.45) is 11.8 Å². The minimum absolute atomic E-state index is 0.151. The van der Waals surface area contributed by atoms with Gasteiger partial charge in [-0.15, -0.1) is 0 Å². The van der Waals surface area contributed by atoms with Crippen LogP contribution in [0.2, 0.25) is 0 Å². The van der Waals surface area contributed by atoms with Crippen molar-refractivity contribution in [3.05, 3.63) is 0 Å². The third kappa shape index (κ3) is 3.27. The number of nitrogens with zero attached hydrogens (tertiary/aromatic N) is 1. The largest absolute Gasteiger partial charge is 0.444 e. The van der Waals surface area contributed by atoms with E-state index >= 15 is 0 Å². The molecule has 2 saturated heterocycles. The average molecular weight is 280 g/mol. The maximum absolute atomic E-state index is 12.1. The Kier molecular flexibility index (Phi) is 3.47. The number of likely N-dealkylation sites (tertiary alicyclic amines) is 1. The molecule has 20 heavy (non-hydrogen) atoms. The van der Waals surface area contributed by atoms with Gasteiger partial charge in [-0.3, -0.25) is 0 Å². The molecule has 2 heterocycles. The summed E-state index contributed by atoms with van der Waals surface area (Å²) in [7, 11) is 0. The molecule has 1 amide bonds. The molecule has 0 aromatic heterocycles. The highest BCUT2D eigenvalue weighted by atomic mass is 16.6. The van der Waals surface area contributed by atoms with E-state index in [1.807, 2.05) is 25.7 Å². The topological polar surface area (TPSA) is 41.6 Å². The highest BCUT2D eigenvalue weighted by Crippen LogP contribution is 2.41. The number of carbonyl (C=O) groups excluding carboxylic acids is 1. The first-order valence-electron chi connectivity index (χ1n) is 8.08. The highest BCUT2D eigenvalue weighted by molar-refractivity contribution is 5.68. The van der Waals surface area contributed by atoms with E-state index in [0.717, 1.165) is 37.9 Å². The molecular formula is C16H28N2O2. The Morgan fingerprint density at radius 3 is 2.75 bits per heavy atom. The Hall–Kier alpha value is -0.770. The van der Waals surface area contributed by atoms with Crippen molar-refractivity contribution in [1.29, 1.82) is 0 Å². The number of nitrogens with one attached hydrogen (secondary N) is 1. The maximum Gasteiger partial charge on any atom is 0.410 e. The molecule has 114 valence electrons. The van der Waals surface area contributed by atoms with Crippen LogP contribution in [0.4, 0.5) is 4.79 Å². The molecule has 1 N–H and O–H groups in total. The quantitative estimate of drug-likeness (QED) is 0.845. The van der Waals surface area contributed by atoms with Crippen LogP contribution in [0.1, 0.15) is 52.9 Å². The lowest BCUT2D eigenvalue weighted by atomic mass is 9.89. The normalized spacial score (nSPS) is 34.0. The first kappa shape index (κ1) is 14.2. The number of carbonyl (C=O) groups is 1. The van der Waals surface area contributed by atoms with Crippen molar-refractivity contribution in [2.75, 3.05) is 19.6 Å². The van der Waals surface area contributed by atoms with Crippen LogP contribution in [0.5, 0.6) is 0 Å². The van der Waals surface area contributed by atoms with Crippen LogP contribution >= 0.6 is 0 Å². The summed E-state index contributed by atoms with van der Waals surface area (Å²) in [5.41, 5.74) is -0.221. The number of amides is 1. The van der Waals surface area contributed by atoms with E-state index in [9.17, 15) is 4.79 Å². The first-order chi connectivity index (χ1) is 9.35. The van der Waals surface area contributed by atoms with E-state index in [0.29, 0.717) is 0 Å². The summed E-state index contributed by atoms with van der Waals surface area (Å²) in [5, 5.41) is 3.71. The molecule has 3 fully saturated rings. The molecule has 0 aromatic carbocycles. The third-order valence-electron chi connectivity index (χ3n) is 4.81. The molecule has 4 heteroatoms. The minimum atomic E-state index is -0.398. The third-order valence-corrected chi connectivity index (χ3v) is 4.81. The van der Waals surface area contributed by atoms with Crippen molar-refractivity contribution in [2.45, 2.75) is 64.0 Å². The molecule has 2 unspecified atom stereocenters. The Morgan fingerprint density at radius 1 is 1.35 bits per heavy atom. The van der Waals surface area contributed by atoms with E-state index in [1.165, 1.54) is 25.7 Å². The zero-order chi connectivity index (χ0) is 14.4. The van der Waals surface area contributed by atoms with Gasteiger partial charge in [0, 0.05) is 18.6 Å². The van der Waals surface area contributed by atoms with Gasteiger partial charge in [-0.05, 0) is 58.4 Å². The molecule has 1 aliphatic carbocycles. The zero-order valence-electron chi connectivity index (χ0n) is 13.1. The van der Waals surface area contributed by atoms with Gasteiger partial charge in [0.25, 0.3) is 0 Å². The van der Waals surface area contributed by atoms with Gasteiger partial charge in [0.2, 0.25) is 0 Å². The van der Waals surface area contributed by atoms with Gasteiger partial charge in [-0.2, -0.15) is 0 Å². The van der Waals surface area contributed by atoms with Crippen LogP contribution in [0.25, 0.3) is 0 Å². The summed E-state index contributed by atoms with van der Waals surface area (Å²) in [6, 6.07) is 0.